The number of hydrogen-bond acceptors (Lipinski definition) is 4. The van der Waals surface area contributed by atoms with Crippen molar-refractivity contribution in [2.24, 2.45) is 5.92 Å². The molecule has 0 spiro atoms. The lowest BCUT2D eigenvalue weighted by Gasteiger charge is -2.17. The lowest BCUT2D eigenvalue weighted by molar-refractivity contribution is -0.122. The zero-order valence-electron chi connectivity index (χ0n) is 12.8. The van der Waals surface area contributed by atoms with Gasteiger partial charge >= 0.3 is 0 Å². The molecule has 1 heterocycles. The molecule has 21 heavy (non-hydrogen) atoms. The summed E-state index contributed by atoms with van der Waals surface area (Å²) in [5, 5.41) is 2.66. The van der Waals surface area contributed by atoms with E-state index < -0.39 is 9.05 Å². The molecule has 0 aliphatic rings. The van der Waals surface area contributed by atoms with Crippen molar-refractivity contribution in [1.29, 1.82) is 0 Å². The lowest BCUT2D eigenvalue weighted by atomic mass is 10.1. The third-order valence-corrected chi connectivity index (χ3v) is 4.43. The van der Waals surface area contributed by atoms with Crippen LogP contribution in [0.1, 0.15) is 39.9 Å². The Kier molecular flexibility index (Phi) is 6.22. The summed E-state index contributed by atoms with van der Waals surface area (Å²) in [5.41, 5.74) is 0. The van der Waals surface area contributed by atoms with E-state index in [2.05, 4.69) is 10.3 Å². The summed E-state index contributed by atoms with van der Waals surface area (Å²) in [6.07, 6.45) is 2.69. The van der Waals surface area contributed by atoms with Gasteiger partial charge in [-0.05, 0) is 19.3 Å². The van der Waals surface area contributed by atoms with E-state index in [1.54, 1.807) is 4.57 Å². The number of amides is 1. The third-order valence-electron chi connectivity index (χ3n) is 3.26. The second kappa shape index (κ2) is 7.26. The maximum atomic E-state index is 12.0. The van der Waals surface area contributed by atoms with Crippen molar-refractivity contribution < 1.29 is 13.2 Å². The smallest absolute Gasteiger partial charge is 0.280 e. The van der Waals surface area contributed by atoms with Crippen molar-refractivity contribution in [3.8, 4) is 0 Å². The molecule has 1 amide bonds. The molecule has 1 aromatic heterocycles. The van der Waals surface area contributed by atoms with Gasteiger partial charge in [-0.3, -0.25) is 4.79 Å². The van der Waals surface area contributed by atoms with Crippen LogP contribution in [-0.2, 0) is 26.8 Å². The van der Waals surface area contributed by atoms with Gasteiger partial charge in [-0.25, -0.2) is 13.4 Å². The molecule has 1 N–H and O–H groups in total. The second-order valence-corrected chi connectivity index (χ2v) is 7.92. The molecule has 6 nitrogen and oxygen atoms in total. The molecule has 0 saturated carbocycles. The van der Waals surface area contributed by atoms with Gasteiger partial charge in [-0.15, -0.1) is 0 Å². The van der Waals surface area contributed by atoms with Crippen LogP contribution in [-0.4, -0.2) is 29.9 Å². The number of carbonyl (C=O) groups is 1. The molecule has 0 aromatic carbocycles. The van der Waals surface area contributed by atoms with E-state index in [9.17, 15) is 13.2 Å². The quantitative estimate of drug-likeness (QED) is 0.772. The second-order valence-electron chi connectivity index (χ2n) is 5.41. The third kappa shape index (κ3) is 5.32. The standard InChI is InChI=1S/C13H22ClN3O3S/c1-5-6-11-16-13(21(14,19)20)8-17(11)7-12(18)15-10(4)9(2)3/h8-10H,5-7H2,1-4H3,(H,15,18). The minimum atomic E-state index is -3.89. The lowest BCUT2D eigenvalue weighted by Crippen LogP contribution is -2.38. The number of imidazole rings is 1. The van der Waals surface area contributed by atoms with Crippen molar-refractivity contribution in [2.45, 2.75) is 58.1 Å². The minimum absolute atomic E-state index is 0.0335. The maximum absolute atomic E-state index is 12.0. The van der Waals surface area contributed by atoms with Crippen molar-refractivity contribution in [3.63, 3.8) is 0 Å². The minimum Gasteiger partial charge on any atom is -0.352 e. The van der Waals surface area contributed by atoms with E-state index in [0.29, 0.717) is 18.2 Å². The van der Waals surface area contributed by atoms with Crippen LogP contribution in [0.25, 0.3) is 0 Å². The van der Waals surface area contributed by atoms with Gasteiger partial charge in [0.15, 0.2) is 5.03 Å². The van der Waals surface area contributed by atoms with Crippen LogP contribution < -0.4 is 5.32 Å². The zero-order chi connectivity index (χ0) is 16.2. The summed E-state index contributed by atoms with van der Waals surface area (Å²) in [6, 6.07) is 0.0480. The summed E-state index contributed by atoms with van der Waals surface area (Å²) >= 11 is 0. The number of nitrogens with one attached hydrogen (secondary N) is 1. The van der Waals surface area contributed by atoms with Crippen LogP contribution in [0.2, 0.25) is 0 Å². The first-order valence-corrected chi connectivity index (χ1v) is 9.26. The molecule has 0 saturated heterocycles. The molecule has 0 aliphatic heterocycles. The van der Waals surface area contributed by atoms with Gasteiger partial charge in [0.25, 0.3) is 9.05 Å². The highest BCUT2D eigenvalue weighted by molar-refractivity contribution is 8.13. The number of carbonyl (C=O) groups excluding carboxylic acids is 1. The summed E-state index contributed by atoms with van der Waals surface area (Å²) in [4.78, 5) is 16.0. The molecule has 120 valence electrons. The zero-order valence-corrected chi connectivity index (χ0v) is 14.3. The van der Waals surface area contributed by atoms with Gasteiger partial charge < -0.3 is 9.88 Å². The Hall–Kier alpha value is -1.08. The Morgan fingerprint density at radius 2 is 2.05 bits per heavy atom. The van der Waals surface area contributed by atoms with Gasteiger partial charge in [0.05, 0.1) is 0 Å². The highest BCUT2D eigenvalue weighted by Crippen LogP contribution is 2.15. The predicted molar refractivity (Wildman–Crippen MR) is 81.7 cm³/mol. The van der Waals surface area contributed by atoms with Crippen LogP contribution >= 0.6 is 10.7 Å². The van der Waals surface area contributed by atoms with E-state index in [1.165, 1.54) is 6.20 Å². The van der Waals surface area contributed by atoms with Gasteiger partial charge in [0, 0.05) is 29.3 Å². The molecule has 1 unspecified atom stereocenters. The Labute approximate surface area is 130 Å². The molecule has 0 radical (unpaired) electrons. The van der Waals surface area contributed by atoms with Crippen LogP contribution in [0.4, 0.5) is 0 Å². The Morgan fingerprint density at radius 1 is 1.43 bits per heavy atom. The predicted octanol–water partition coefficient (Wildman–Crippen LogP) is 1.92. The van der Waals surface area contributed by atoms with E-state index >= 15 is 0 Å². The number of aryl methyl sites for hydroxylation is 1. The van der Waals surface area contributed by atoms with Crippen molar-refractivity contribution in [3.05, 3.63) is 12.0 Å². The molecule has 0 fully saturated rings. The molecule has 1 rings (SSSR count). The number of hydrogen-bond donors (Lipinski definition) is 1. The molecular weight excluding hydrogens is 314 g/mol. The van der Waals surface area contributed by atoms with Crippen LogP contribution in [0.5, 0.6) is 0 Å². The highest BCUT2D eigenvalue weighted by Gasteiger charge is 2.19. The molecule has 1 atom stereocenters. The molecule has 8 heteroatoms. The first-order chi connectivity index (χ1) is 9.65. The summed E-state index contributed by atoms with van der Waals surface area (Å²) in [6.45, 7) is 7.95. The molecule has 1 aromatic rings. The first-order valence-electron chi connectivity index (χ1n) is 6.95. The largest absolute Gasteiger partial charge is 0.352 e. The molecule has 0 bridgehead atoms. The fourth-order valence-electron chi connectivity index (χ4n) is 1.73. The fourth-order valence-corrected chi connectivity index (χ4v) is 2.42. The van der Waals surface area contributed by atoms with E-state index in [4.69, 9.17) is 10.7 Å². The SMILES string of the molecule is CCCc1nc(S(=O)(=O)Cl)cn1CC(=O)NC(C)C(C)C. The van der Waals surface area contributed by atoms with Crippen LogP contribution in [0.3, 0.4) is 0 Å². The number of halogens is 1. The van der Waals surface area contributed by atoms with Crippen molar-refractivity contribution >= 4 is 25.6 Å². The first kappa shape index (κ1) is 18.0. The van der Waals surface area contributed by atoms with Crippen molar-refractivity contribution in [1.82, 2.24) is 14.9 Å². The Bertz CT molecular complexity index is 596. The monoisotopic (exact) mass is 335 g/mol. The fraction of sp³-hybridized carbons (Fsp3) is 0.692. The van der Waals surface area contributed by atoms with E-state index in [-0.39, 0.29) is 23.5 Å². The van der Waals surface area contributed by atoms with Crippen molar-refractivity contribution in [2.75, 3.05) is 0 Å². The average Bonchev–Trinajstić information content (AvgIpc) is 2.72. The molecular formula is C13H22ClN3O3S. The normalized spacial score (nSPS) is 13.4. The van der Waals surface area contributed by atoms with Crippen LogP contribution in [0, 0.1) is 5.92 Å². The van der Waals surface area contributed by atoms with Crippen LogP contribution in [0.15, 0.2) is 11.2 Å². The van der Waals surface area contributed by atoms with Gasteiger partial charge in [-0.2, -0.15) is 0 Å². The number of aromatic nitrogens is 2. The molecule has 0 aliphatic carbocycles. The summed E-state index contributed by atoms with van der Waals surface area (Å²) in [5.74, 6) is 0.694. The topological polar surface area (TPSA) is 81.1 Å². The average molecular weight is 336 g/mol. The summed E-state index contributed by atoms with van der Waals surface area (Å²) < 4.78 is 24.2. The van der Waals surface area contributed by atoms with E-state index in [0.717, 1.165) is 6.42 Å². The van der Waals surface area contributed by atoms with Gasteiger partial charge in [0.1, 0.15) is 12.4 Å². The summed E-state index contributed by atoms with van der Waals surface area (Å²) in [7, 11) is 1.42. The maximum Gasteiger partial charge on any atom is 0.280 e. The van der Waals surface area contributed by atoms with E-state index in [1.807, 2.05) is 27.7 Å². The number of rotatable bonds is 7. The van der Waals surface area contributed by atoms with Gasteiger partial charge in [0.2, 0.25) is 5.91 Å². The Morgan fingerprint density at radius 3 is 2.52 bits per heavy atom. The Balaban J connectivity index is 2.91. The highest BCUT2D eigenvalue weighted by atomic mass is 35.7. The number of nitrogens with zero attached hydrogens (tertiary/aromatic N) is 2. The van der Waals surface area contributed by atoms with Gasteiger partial charge in [-0.1, -0.05) is 20.8 Å².